The molecule has 3 aromatic rings. The maximum Gasteiger partial charge on any atom is 0.279 e. The Kier molecular flexibility index (Phi) is 8.68. The number of piperidine rings is 1. The molecule has 4 rings (SSSR count). The van der Waals surface area contributed by atoms with Crippen molar-refractivity contribution in [3.05, 3.63) is 46.8 Å². The van der Waals surface area contributed by atoms with Crippen molar-refractivity contribution in [3.8, 4) is 11.5 Å². The molecule has 0 bridgehead atoms. The quantitative estimate of drug-likeness (QED) is 0.375. The van der Waals surface area contributed by atoms with Gasteiger partial charge < -0.3 is 18.8 Å². The van der Waals surface area contributed by atoms with E-state index in [1.165, 1.54) is 35.6 Å². The van der Waals surface area contributed by atoms with Gasteiger partial charge in [-0.25, -0.2) is 8.42 Å². The molecule has 0 radical (unpaired) electrons. The summed E-state index contributed by atoms with van der Waals surface area (Å²) in [4.78, 5) is 18.2. The lowest BCUT2D eigenvalue weighted by atomic mass is 10.1. The molecule has 1 aliphatic rings. The number of methoxy groups -OCH3 is 2. The van der Waals surface area contributed by atoms with Crippen molar-refractivity contribution in [1.29, 1.82) is 0 Å². The van der Waals surface area contributed by atoms with Gasteiger partial charge in [-0.15, -0.1) is 0 Å². The van der Waals surface area contributed by atoms with E-state index in [-0.39, 0.29) is 10.9 Å². The number of nitrogens with zero attached hydrogens (tertiary/aromatic N) is 3. The molecule has 1 amide bonds. The molecule has 0 aliphatic carbocycles. The van der Waals surface area contributed by atoms with Gasteiger partial charge in [-0.3, -0.25) is 4.79 Å². The highest BCUT2D eigenvalue weighted by atomic mass is 32.2. The first-order valence-corrected chi connectivity index (χ1v) is 14.6. The summed E-state index contributed by atoms with van der Waals surface area (Å²) in [7, 11) is -0.462. The van der Waals surface area contributed by atoms with Crippen LogP contribution in [0.5, 0.6) is 11.5 Å². The molecule has 2 heterocycles. The van der Waals surface area contributed by atoms with Gasteiger partial charge in [0.25, 0.3) is 5.91 Å². The Hall–Kier alpha value is -2.73. The van der Waals surface area contributed by atoms with Crippen molar-refractivity contribution < 1.29 is 27.4 Å². The van der Waals surface area contributed by atoms with Crippen LogP contribution in [0, 0.1) is 0 Å². The van der Waals surface area contributed by atoms with E-state index in [0.29, 0.717) is 48.2 Å². The summed E-state index contributed by atoms with van der Waals surface area (Å²) < 4.78 is 47.1. The third-order valence-electron chi connectivity index (χ3n) is 6.50. The lowest BCUT2D eigenvalue weighted by molar-refractivity contribution is 0.0996. The van der Waals surface area contributed by atoms with Crippen molar-refractivity contribution in [3.63, 3.8) is 0 Å². The Morgan fingerprint density at radius 1 is 1.11 bits per heavy atom. The molecule has 1 aliphatic heterocycles. The molecule has 11 heteroatoms. The van der Waals surface area contributed by atoms with E-state index in [9.17, 15) is 13.2 Å². The summed E-state index contributed by atoms with van der Waals surface area (Å²) in [5, 5.41) is 0. The van der Waals surface area contributed by atoms with Gasteiger partial charge in [-0.05, 0) is 51.0 Å². The third-order valence-corrected chi connectivity index (χ3v) is 9.57. The average molecular weight is 548 g/mol. The predicted octanol–water partition coefficient (Wildman–Crippen LogP) is 4.06. The smallest absolute Gasteiger partial charge is 0.279 e. The van der Waals surface area contributed by atoms with Crippen LogP contribution in [0.1, 0.15) is 43.5 Å². The molecule has 200 valence electrons. The summed E-state index contributed by atoms with van der Waals surface area (Å²) in [5.74, 6) is 0.715. The minimum absolute atomic E-state index is 0.0348. The summed E-state index contributed by atoms with van der Waals surface area (Å²) in [6.07, 6.45) is 2.74. The number of sulfonamides is 1. The van der Waals surface area contributed by atoms with Gasteiger partial charge >= 0.3 is 0 Å². The minimum atomic E-state index is -3.61. The van der Waals surface area contributed by atoms with Crippen LogP contribution in [-0.2, 0) is 21.3 Å². The molecule has 9 nitrogen and oxygen atoms in total. The van der Waals surface area contributed by atoms with Gasteiger partial charge in [0.05, 0.1) is 35.9 Å². The summed E-state index contributed by atoms with van der Waals surface area (Å²) in [6.45, 7) is 5.92. The number of carbonyl (C=O) groups excluding carboxylic acids is 1. The molecule has 0 spiro atoms. The van der Waals surface area contributed by atoms with Crippen molar-refractivity contribution in [2.24, 2.45) is 4.99 Å². The lowest BCUT2D eigenvalue weighted by Crippen LogP contribution is -2.41. The SMILES string of the molecule is CCOCCn1c(=NC(=O)c2ccc(S(=O)(=O)N3CCCCC3C)cc2)sc2cc(OC)c(OC)cc21. The normalized spacial score (nSPS) is 17.3. The predicted molar refractivity (Wildman–Crippen MR) is 143 cm³/mol. The molecule has 37 heavy (non-hydrogen) atoms. The van der Waals surface area contributed by atoms with Crippen LogP contribution in [0.2, 0.25) is 0 Å². The first-order chi connectivity index (χ1) is 17.8. The van der Waals surface area contributed by atoms with Gasteiger partial charge in [-0.2, -0.15) is 9.30 Å². The number of ether oxygens (including phenoxy) is 3. The summed E-state index contributed by atoms with van der Waals surface area (Å²) >= 11 is 1.36. The fourth-order valence-corrected chi connectivity index (χ4v) is 7.25. The second kappa shape index (κ2) is 11.8. The number of hydrogen-bond donors (Lipinski definition) is 0. The highest BCUT2D eigenvalue weighted by molar-refractivity contribution is 7.89. The molecule has 0 N–H and O–H groups in total. The topological polar surface area (TPSA) is 99.4 Å². The maximum atomic E-state index is 13.1. The zero-order chi connectivity index (χ0) is 26.6. The van der Waals surface area contributed by atoms with Crippen molar-refractivity contribution in [1.82, 2.24) is 8.87 Å². The zero-order valence-electron chi connectivity index (χ0n) is 21.6. The van der Waals surface area contributed by atoms with E-state index in [2.05, 4.69) is 4.99 Å². The number of thiazole rings is 1. The molecular formula is C26H33N3O6S2. The second-order valence-corrected chi connectivity index (χ2v) is 11.7. The average Bonchev–Trinajstić information content (AvgIpc) is 3.23. The van der Waals surface area contributed by atoms with E-state index in [1.54, 1.807) is 18.5 Å². The minimum Gasteiger partial charge on any atom is -0.493 e. The Balaban J connectivity index is 1.68. The van der Waals surface area contributed by atoms with Crippen molar-refractivity contribution in [2.75, 3.05) is 34.0 Å². The van der Waals surface area contributed by atoms with Crippen molar-refractivity contribution in [2.45, 2.75) is 50.6 Å². The highest BCUT2D eigenvalue weighted by Crippen LogP contribution is 2.33. The first-order valence-electron chi connectivity index (χ1n) is 12.3. The Morgan fingerprint density at radius 3 is 2.46 bits per heavy atom. The number of fused-ring (bicyclic) bond motifs is 1. The van der Waals surface area contributed by atoms with Gasteiger partial charge in [0.2, 0.25) is 10.0 Å². The van der Waals surface area contributed by atoms with Crippen LogP contribution >= 0.6 is 11.3 Å². The number of aromatic nitrogens is 1. The number of carbonyl (C=O) groups is 1. The maximum absolute atomic E-state index is 13.1. The standard InChI is InChI=1S/C26H33N3O6S2/c1-5-35-15-14-28-21-16-22(33-3)23(34-4)17-24(21)36-26(28)27-25(30)19-9-11-20(12-10-19)37(31,32)29-13-7-6-8-18(29)2/h9-12,16-18H,5-8,13-15H2,1-4H3. The van der Waals surface area contributed by atoms with Gasteiger partial charge in [0.1, 0.15) is 0 Å². The molecule has 1 fully saturated rings. The first kappa shape index (κ1) is 27.3. The Morgan fingerprint density at radius 2 is 1.81 bits per heavy atom. The monoisotopic (exact) mass is 547 g/mol. The third kappa shape index (κ3) is 5.74. The molecule has 0 saturated carbocycles. The van der Waals surface area contributed by atoms with E-state index in [4.69, 9.17) is 14.2 Å². The van der Waals surface area contributed by atoms with Crippen molar-refractivity contribution >= 4 is 37.5 Å². The highest BCUT2D eigenvalue weighted by Gasteiger charge is 2.31. The van der Waals surface area contributed by atoms with Gasteiger partial charge in [-0.1, -0.05) is 17.8 Å². The second-order valence-electron chi connectivity index (χ2n) is 8.81. The van der Waals surface area contributed by atoms with E-state index in [1.807, 2.05) is 30.5 Å². The van der Waals surface area contributed by atoms with Crippen LogP contribution in [0.4, 0.5) is 0 Å². The van der Waals surface area contributed by atoms with Gasteiger partial charge in [0, 0.05) is 43.4 Å². The molecule has 1 atom stereocenters. The number of rotatable bonds is 9. The van der Waals surface area contributed by atoms with Crippen LogP contribution in [-0.4, -0.2) is 63.2 Å². The van der Waals surface area contributed by atoms with E-state index >= 15 is 0 Å². The van der Waals surface area contributed by atoms with E-state index in [0.717, 1.165) is 29.5 Å². The van der Waals surface area contributed by atoms with Crippen LogP contribution in [0.15, 0.2) is 46.3 Å². The Labute approximate surface area is 221 Å². The van der Waals surface area contributed by atoms with Crippen LogP contribution < -0.4 is 14.3 Å². The lowest BCUT2D eigenvalue weighted by Gasteiger charge is -2.32. The summed E-state index contributed by atoms with van der Waals surface area (Å²) in [5.41, 5.74) is 1.17. The molecule has 1 saturated heterocycles. The largest absolute Gasteiger partial charge is 0.493 e. The summed E-state index contributed by atoms with van der Waals surface area (Å²) in [6, 6.07) is 9.72. The Bertz CT molecular complexity index is 1430. The van der Waals surface area contributed by atoms with Crippen LogP contribution in [0.3, 0.4) is 0 Å². The van der Waals surface area contributed by atoms with Crippen LogP contribution in [0.25, 0.3) is 10.2 Å². The van der Waals surface area contributed by atoms with E-state index < -0.39 is 15.9 Å². The fourth-order valence-electron chi connectivity index (χ4n) is 4.48. The fraction of sp³-hybridized carbons (Fsp3) is 0.462. The van der Waals surface area contributed by atoms with Gasteiger partial charge in [0.15, 0.2) is 16.3 Å². The number of hydrogen-bond acceptors (Lipinski definition) is 7. The number of benzene rings is 2. The molecular weight excluding hydrogens is 514 g/mol. The molecule has 1 aromatic heterocycles. The molecule has 1 unspecified atom stereocenters. The zero-order valence-corrected chi connectivity index (χ0v) is 23.2. The molecule has 2 aromatic carbocycles. The number of amides is 1.